The van der Waals surface area contributed by atoms with E-state index in [-0.39, 0.29) is 54.0 Å². The lowest BCUT2D eigenvalue weighted by atomic mass is 9.34. The van der Waals surface area contributed by atoms with Crippen LogP contribution in [0.3, 0.4) is 0 Å². The number of allylic oxidation sites excluding steroid dienone is 1. The summed E-state index contributed by atoms with van der Waals surface area (Å²) in [7, 11) is 0. The van der Waals surface area contributed by atoms with Crippen LogP contribution in [0.4, 0.5) is 0 Å². The molecule has 0 spiro atoms. The van der Waals surface area contributed by atoms with Crippen molar-refractivity contribution < 1.29 is 33.7 Å². The Labute approximate surface area is 274 Å². The normalized spacial score (nSPS) is 44.5. The van der Waals surface area contributed by atoms with E-state index in [0.717, 1.165) is 31.3 Å². The Kier molecular flexibility index (Phi) is 8.79. The zero-order valence-corrected chi connectivity index (χ0v) is 29.3. The predicted molar refractivity (Wildman–Crippen MR) is 174 cm³/mol. The van der Waals surface area contributed by atoms with E-state index in [1.165, 1.54) is 6.92 Å². The van der Waals surface area contributed by atoms with E-state index in [9.17, 15) is 19.5 Å². The van der Waals surface area contributed by atoms with E-state index >= 15 is 0 Å². The molecule has 0 aromatic rings. The Balaban J connectivity index is 1.60. The van der Waals surface area contributed by atoms with Crippen LogP contribution in [0, 0.1) is 62.1 Å². The maximum Gasteiger partial charge on any atom is 0.308 e. The number of nitrogens with one attached hydrogen (secondary N) is 2. The molecular formula is C36H57N3O7. The molecule has 10 heteroatoms. The molecule has 5 aliphatic rings. The largest absolute Gasteiger partial charge is 0.481 e. The van der Waals surface area contributed by atoms with Crippen LogP contribution in [0.1, 0.15) is 94.4 Å². The summed E-state index contributed by atoms with van der Waals surface area (Å²) in [5.74, 6) is -1.77. The van der Waals surface area contributed by atoms with E-state index < -0.39 is 51.2 Å². The van der Waals surface area contributed by atoms with Crippen molar-refractivity contribution in [2.24, 2.45) is 62.4 Å². The number of carbonyl (C=O) groups excluding carboxylic acids is 2. The number of hydrogen-bond donors (Lipinski definition) is 4. The van der Waals surface area contributed by atoms with Crippen LogP contribution in [0.25, 0.3) is 0 Å². The molecule has 0 radical (unpaired) electrons. The molecule has 4 fully saturated rings. The van der Waals surface area contributed by atoms with Gasteiger partial charge in [0.2, 0.25) is 0 Å². The first kappa shape index (κ1) is 34.9. The number of ether oxygens (including phenoxy) is 3. The highest BCUT2D eigenvalue weighted by atomic mass is 16.6. The fourth-order valence-corrected chi connectivity index (χ4v) is 11.5. The Morgan fingerprint density at radius 1 is 1.13 bits per heavy atom. The van der Waals surface area contributed by atoms with Gasteiger partial charge in [-0.05, 0) is 79.6 Å². The molecule has 1 saturated heterocycles. The summed E-state index contributed by atoms with van der Waals surface area (Å²) in [5.41, 5.74) is 3.42. The van der Waals surface area contributed by atoms with Crippen molar-refractivity contribution in [1.29, 1.82) is 5.41 Å². The van der Waals surface area contributed by atoms with Crippen molar-refractivity contribution in [3.05, 3.63) is 11.6 Å². The topological polar surface area (TPSA) is 161 Å². The molecule has 12 atom stereocenters. The summed E-state index contributed by atoms with van der Waals surface area (Å²) < 4.78 is 19.0. The fraction of sp³-hybridized carbons (Fsp3) is 0.833. The summed E-state index contributed by atoms with van der Waals surface area (Å²) in [6.45, 7) is 19.2. The minimum absolute atomic E-state index is 0.00777. The number of nitrogens with two attached hydrogens (primary N) is 1. The molecular weight excluding hydrogens is 586 g/mol. The van der Waals surface area contributed by atoms with Gasteiger partial charge in [-0.25, -0.2) is 0 Å². The molecule has 2 bridgehead atoms. The van der Waals surface area contributed by atoms with Crippen LogP contribution in [0.5, 0.6) is 0 Å². The number of hydrogen-bond acceptors (Lipinski definition) is 7. The maximum atomic E-state index is 14.8. The fourth-order valence-electron chi connectivity index (χ4n) is 11.5. The van der Waals surface area contributed by atoms with Crippen LogP contribution < -0.4 is 11.1 Å². The second-order valence-corrected chi connectivity index (χ2v) is 16.8. The number of carboxylic acids is 1. The van der Waals surface area contributed by atoms with Gasteiger partial charge in [0.1, 0.15) is 12.2 Å². The third kappa shape index (κ3) is 4.86. The summed E-state index contributed by atoms with van der Waals surface area (Å²) in [5, 5.41) is 21.4. The van der Waals surface area contributed by atoms with Gasteiger partial charge in [-0.3, -0.25) is 19.8 Å². The van der Waals surface area contributed by atoms with E-state index in [2.05, 4.69) is 46.9 Å². The highest BCUT2D eigenvalue weighted by molar-refractivity contribution is 6.00. The molecule has 0 aromatic carbocycles. The molecule has 5 rings (SSSR count). The maximum absolute atomic E-state index is 14.8. The number of aliphatic carboxylic acids is 1. The molecule has 10 nitrogen and oxygen atoms in total. The van der Waals surface area contributed by atoms with Gasteiger partial charge in [0.05, 0.1) is 25.7 Å². The highest BCUT2D eigenvalue weighted by Crippen LogP contribution is 2.74. The monoisotopic (exact) mass is 643 g/mol. The molecule has 258 valence electrons. The van der Waals surface area contributed by atoms with Crippen LogP contribution in [-0.2, 0) is 28.6 Å². The van der Waals surface area contributed by atoms with Crippen LogP contribution in [-0.4, -0.2) is 66.9 Å². The van der Waals surface area contributed by atoms with Crippen molar-refractivity contribution in [2.75, 3.05) is 19.8 Å². The van der Waals surface area contributed by atoms with Gasteiger partial charge in [0, 0.05) is 29.2 Å². The Morgan fingerprint density at radius 2 is 1.80 bits per heavy atom. The Hall–Kier alpha value is -2.46. The lowest BCUT2D eigenvalue weighted by molar-refractivity contribution is -0.266. The van der Waals surface area contributed by atoms with Crippen molar-refractivity contribution in [2.45, 2.75) is 113 Å². The van der Waals surface area contributed by atoms with Crippen molar-refractivity contribution in [3.63, 3.8) is 0 Å². The van der Waals surface area contributed by atoms with Crippen LogP contribution in [0.2, 0.25) is 0 Å². The number of guanidine groups is 1. The molecule has 0 amide bonds. The molecule has 5 N–H and O–H groups in total. The summed E-state index contributed by atoms with van der Waals surface area (Å²) >= 11 is 0. The third-order valence-electron chi connectivity index (χ3n) is 14.2. The van der Waals surface area contributed by atoms with E-state index in [0.29, 0.717) is 19.6 Å². The van der Waals surface area contributed by atoms with E-state index in [4.69, 9.17) is 25.4 Å². The summed E-state index contributed by atoms with van der Waals surface area (Å²) in [4.78, 5) is 40.6. The van der Waals surface area contributed by atoms with E-state index in [1.807, 2.05) is 19.9 Å². The molecule has 46 heavy (non-hydrogen) atoms. The van der Waals surface area contributed by atoms with Crippen molar-refractivity contribution in [3.8, 4) is 0 Å². The zero-order valence-electron chi connectivity index (χ0n) is 29.3. The smallest absolute Gasteiger partial charge is 0.308 e. The van der Waals surface area contributed by atoms with Gasteiger partial charge in [0.15, 0.2) is 11.7 Å². The van der Waals surface area contributed by atoms with Crippen molar-refractivity contribution >= 4 is 23.7 Å². The molecule has 0 aromatic heterocycles. The summed E-state index contributed by atoms with van der Waals surface area (Å²) in [6, 6.07) is -0.222. The molecule has 1 aliphatic heterocycles. The third-order valence-corrected chi connectivity index (χ3v) is 14.2. The Morgan fingerprint density at radius 3 is 2.39 bits per heavy atom. The quantitative estimate of drug-likeness (QED) is 0.163. The average molecular weight is 644 g/mol. The highest BCUT2D eigenvalue weighted by Gasteiger charge is 2.74. The number of carbonyl (C=O) groups is 3. The van der Waals surface area contributed by atoms with Gasteiger partial charge in [-0.1, -0.05) is 54.0 Å². The van der Waals surface area contributed by atoms with E-state index in [1.54, 1.807) is 0 Å². The first-order valence-electron chi connectivity index (χ1n) is 17.3. The molecule has 4 aliphatic carbocycles. The number of rotatable bonds is 8. The Bertz CT molecular complexity index is 1320. The first-order valence-corrected chi connectivity index (χ1v) is 17.3. The number of fused-ring (bicyclic) bond motifs is 3. The molecule has 1 heterocycles. The van der Waals surface area contributed by atoms with Gasteiger partial charge in [-0.15, -0.1) is 0 Å². The molecule has 3 saturated carbocycles. The first-order chi connectivity index (χ1) is 21.3. The average Bonchev–Trinajstić information content (AvgIpc) is 2.93. The van der Waals surface area contributed by atoms with Gasteiger partial charge in [0.25, 0.3) is 0 Å². The van der Waals surface area contributed by atoms with Crippen LogP contribution in [0.15, 0.2) is 11.6 Å². The zero-order chi connectivity index (χ0) is 34.2. The van der Waals surface area contributed by atoms with Gasteiger partial charge < -0.3 is 30.4 Å². The number of esters is 1. The van der Waals surface area contributed by atoms with Gasteiger partial charge in [-0.2, -0.15) is 0 Å². The predicted octanol–water partition coefficient (Wildman–Crippen LogP) is 4.94. The van der Waals surface area contributed by atoms with Crippen molar-refractivity contribution in [1.82, 2.24) is 5.32 Å². The second kappa shape index (κ2) is 11.6. The molecule has 2 unspecified atom stereocenters. The standard InChI is InChI=1S/C36H57N3O7/c1-19(2)21(4)32(6)12-13-34(8)23-10-11-26-33(7)17-44-18-36(26,24(23)14-27(41)35(34,9)28(32)30(42)43)15-25(46-22(5)40)29(33)45-16-20(3)39-31(37)38/h14,19-21,23,25-26,28-29H,10-13,15-18H2,1-9H3,(H,42,43)(H4,37,38,39)/t20?,21-,23+,25-,26?,28-,29+,32-,33+,34-,35+,36+/m1/s1. The number of ketones is 1. The minimum atomic E-state index is -1.07. The second-order valence-electron chi connectivity index (χ2n) is 16.8. The van der Waals surface area contributed by atoms with Gasteiger partial charge >= 0.3 is 11.9 Å². The van der Waals surface area contributed by atoms with Crippen LogP contribution >= 0.6 is 0 Å². The number of carboxylic acid groups (broad SMARTS) is 1. The lowest BCUT2D eigenvalue weighted by Crippen LogP contribution is -2.71. The lowest BCUT2D eigenvalue weighted by Gasteiger charge is -2.70. The SMILES string of the molecule is CC(=O)O[C@@H]1C[C@@]23COC[C@@](C)(C2CC[C@H]2C3=CC(=O)[C@@]3(C)[C@H](C(=O)O)[C@@](C)([C@H](C)C(C)C)CC[C@]23C)[C@H]1OCC(C)NC(=N)N. The minimum Gasteiger partial charge on any atom is -0.481 e. The summed E-state index contributed by atoms with van der Waals surface area (Å²) in [6.07, 6.45) is 4.53.